The maximum absolute atomic E-state index is 11.8. The van der Waals surface area contributed by atoms with Gasteiger partial charge < -0.3 is 20.4 Å². The van der Waals surface area contributed by atoms with E-state index in [2.05, 4.69) is 34.5 Å². The number of rotatable bonds is 7. The first-order valence-electron chi connectivity index (χ1n) is 8.21. The first kappa shape index (κ1) is 23.4. The second-order valence-electron chi connectivity index (χ2n) is 6.14. The molecule has 1 unspecified atom stereocenters. The van der Waals surface area contributed by atoms with Gasteiger partial charge in [-0.2, -0.15) is 0 Å². The topological polar surface area (TPSA) is 72.9 Å². The summed E-state index contributed by atoms with van der Waals surface area (Å²) in [6.45, 7) is 4.84. The molecule has 0 aliphatic carbocycles. The zero-order valence-corrected chi connectivity index (χ0v) is 18.4. The quantitative estimate of drug-likeness (QED) is 0.367. The maximum Gasteiger partial charge on any atom is 0.241 e. The van der Waals surface area contributed by atoms with Crippen LogP contribution in [-0.4, -0.2) is 62.5 Å². The van der Waals surface area contributed by atoms with E-state index in [4.69, 9.17) is 0 Å². The van der Waals surface area contributed by atoms with Crippen LogP contribution in [-0.2, 0) is 11.3 Å². The third-order valence-corrected chi connectivity index (χ3v) is 3.55. The van der Waals surface area contributed by atoms with Crippen LogP contribution in [0, 0.1) is 0 Å². The van der Waals surface area contributed by atoms with Crippen molar-refractivity contribution in [3.63, 3.8) is 0 Å². The molecule has 142 valence electrons. The summed E-state index contributed by atoms with van der Waals surface area (Å²) in [5.41, 5.74) is 0.880. The van der Waals surface area contributed by atoms with Crippen molar-refractivity contribution in [1.29, 1.82) is 0 Å². The van der Waals surface area contributed by atoms with Gasteiger partial charge in [-0.25, -0.2) is 9.98 Å². The molecule has 0 spiro atoms. The van der Waals surface area contributed by atoms with Crippen molar-refractivity contribution in [3.8, 4) is 0 Å². The van der Waals surface area contributed by atoms with Gasteiger partial charge in [-0.3, -0.25) is 4.79 Å². The fourth-order valence-corrected chi connectivity index (χ4v) is 1.77. The lowest BCUT2D eigenvalue weighted by Crippen LogP contribution is -2.45. The van der Waals surface area contributed by atoms with E-state index in [1.54, 1.807) is 19.0 Å². The van der Waals surface area contributed by atoms with Crippen molar-refractivity contribution in [1.82, 2.24) is 20.5 Å². The summed E-state index contributed by atoms with van der Waals surface area (Å²) in [5.74, 6) is 1.52. The molecule has 0 bridgehead atoms. The van der Waals surface area contributed by atoms with Crippen LogP contribution in [0.1, 0.15) is 26.0 Å². The Bertz CT molecular complexity index is 562. The highest BCUT2D eigenvalue weighted by molar-refractivity contribution is 14.0. The van der Waals surface area contributed by atoms with Crippen LogP contribution in [0.4, 0.5) is 5.82 Å². The van der Waals surface area contributed by atoms with Crippen molar-refractivity contribution >= 4 is 41.7 Å². The van der Waals surface area contributed by atoms with Gasteiger partial charge in [0.1, 0.15) is 5.82 Å². The highest BCUT2D eigenvalue weighted by Gasteiger charge is 2.08. The number of hydrogen-bond donors (Lipinski definition) is 2. The van der Waals surface area contributed by atoms with Gasteiger partial charge in [0.25, 0.3) is 0 Å². The molecule has 0 fully saturated rings. The second-order valence-corrected chi connectivity index (χ2v) is 6.14. The Morgan fingerprint density at radius 2 is 1.96 bits per heavy atom. The molecule has 1 rings (SSSR count). The van der Waals surface area contributed by atoms with E-state index in [1.165, 1.54) is 0 Å². The zero-order valence-electron chi connectivity index (χ0n) is 16.0. The average Bonchev–Trinajstić information content (AvgIpc) is 2.56. The number of hydrogen-bond acceptors (Lipinski definition) is 4. The largest absolute Gasteiger partial charge is 0.363 e. The standard InChI is InChI=1S/C17H30N6O.HI/c1-7-13(2)20-17(19-12-16(24)23(5)6)18-11-14-9-8-10-15(21-14)22(3)4;/h8-10,13H,7,11-12H2,1-6H3,(H2,18,19,20);1H. The Morgan fingerprint density at radius 3 is 2.52 bits per heavy atom. The molecule has 1 aromatic rings. The lowest BCUT2D eigenvalue weighted by Gasteiger charge is -2.18. The number of aromatic nitrogens is 1. The number of guanidine groups is 1. The minimum Gasteiger partial charge on any atom is -0.363 e. The van der Waals surface area contributed by atoms with E-state index in [9.17, 15) is 4.79 Å². The monoisotopic (exact) mass is 462 g/mol. The number of nitrogens with zero attached hydrogens (tertiary/aromatic N) is 4. The van der Waals surface area contributed by atoms with E-state index in [1.807, 2.05) is 37.2 Å². The van der Waals surface area contributed by atoms with E-state index in [0.717, 1.165) is 17.9 Å². The molecule has 1 amide bonds. The predicted molar refractivity (Wildman–Crippen MR) is 115 cm³/mol. The van der Waals surface area contributed by atoms with Crippen molar-refractivity contribution in [2.24, 2.45) is 4.99 Å². The van der Waals surface area contributed by atoms with Crippen molar-refractivity contribution in [3.05, 3.63) is 23.9 Å². The summed E-state index contributed by atoms with van der Waals surface area (Å²) in [5, 5.41) is 6.38. The Hall–Kier alpha value is -1.58. The minimum absolute atomic E-state index is 0. The van der Waals surface area contributed by atoms with Gasteiger partial charge in [0.15, 0.2) is 5.96 Å². The molecule has 0 saturated heterocycles. The van der Waals surface area contributed by atoms with Gasteiger partial charge in [0, 0.05) is 34.2 Å². The van der Waals surface area contributed by atoms with E-state index >= 15 is 0 Å². The van der Waals surface area contributed by atoms with Gasteiger partial charge in [0.2, 0.25) is 5.91 Å². The third-order valence-electron chi connectivity index (χ3n) is 3.55. The maximum atomic E-state index is 11.8. The van der Waals surface area contributed by atoms with E-state index in [-0.39, 0.29) is 42.5 Å². The Balaban J connectivity index is 0.00000576. The summed E-state index contributed by atoms with van der Waals surface area (Å²) in [6.07, 6.45) is 0.969. The van der Waals surface area contributed by atoms with Crippen LogP contribution in [0.3, 0.4) is 0 Å². The SMILES string of the molecule is CCC(C)NC(=NCc1cccc(N(C)C)n1)NCC(=O)N(C)C.I. The fourth-order valence-electron chi connectivity index (χ4n) is 1.77. The van der Waals surface area contributed by atoms with Gasteiger partial charge in [-0.1, -0.05) is 13.0 Å². The molecule has 25 heavy (non-hydrogen) atoms. The first-order chi connectivity index (χ1) is 11.3. The van der Waals surface area contributed by atoms with Crippen LogP contribution in [0.5, 0.6) is 0 Å². The molecule has 0 aromatic carbocycles. The smallest absolute Gasteiger partial charge is 0.241 e. The van der Waals surface area contributed by atoms with Crippen LogP contribution < -0.4 is 15.5 Å². The molecule has 8 heteroatoms. The molecular formula is C17H31IN6O. The number of anilines is 1. The molecule has 7 nitrogen and oxygen atoms in total. The predicted octanol–water partition coefficient (Wildman–Crippen LogP) is 1.69. The number of pyridine rings is 1. The number of carbonyl (C=O) groups is 1. The average molecular weight is 462 g/mol. The highest BCUT2D eigenvalue weighted by Crippen LogP contribution is 2.08. The van der Waals surface area contributed by atoms with Gasteiger partial charge in [-0.15, -0.1) is 24.0 Å². The van der Waals surface area contributed by atoms with E-state index < -0.39 is 0 Å². The van der Waals surface area contributed by atoms with Gasteiger partial charge in [0.05, 0.1) is 18.8 Å². The number of aliphatic imine (C=N–C) groups is 1. The van der Waals surface area contributed by atoms with Crippen LogP contribution in [0.2, 0.25) is 0 Å². The Morgan fingerprint density at radius 1 is 1.28 bits per heavy atom. The molecule has 1 atom stereocenters. The number of carbonyl (C=O) groups excluding carboxylic acids is 1. The first-order valence-corrected chi connectivity index (χ1v) is 8.21. The fraction of sp³-hybridized carbons (Fsp3) is 0.588. The van der Waals surface area contributed by atoms with Crippen molar-refractivity contribution in [2.45, 2.75) is 32.9 Å². The lowest BCUT2D eigenvalue weighted by atomic mass is 10.3. The second kappa shape index (κ2) is 11.9. The van der Waals surface area contributed by atoms with Crippen molar-refractivity contribution in [2.75, 3.05) is 39.6 Å². The van der Waals surface area contributed by atoms with Crippen LogP contribution in [0.15, 0.2) is 23.2 Å². The highest BCUT2D eigenvalue weighted by atomic mass is 127. The van der Waals surface area contributed by atoms with Crippen LogP contribution in [0.25, 0.3) is 0 Å². The van der Waals surface area contributed by atoms with E-state index in [0.29, 0.717) is 12.5 Å². The zero-order chi connectivity index (χ0) is 18.1. The summed E-state index contributed by atoms with van der Waals surface area (Å²) in [6, 6.07) is 6.14. The Kier molecular flexibility index (Phi) is 11.1. The summed E-state index contributed by atoms with van der Waals surface area (Å²) in [4.78, 5) is 24.4. The summed E-state index contributed by atoms with van der Waals surface area (Å²) in [7, 11) is 7.39. The lowest BCUT2D eigenvalue weighted by molar-refractivity contribution is -0.127. The number of likely N-dealkylation sites (N-methyl/N-ethyl adjacent to an activating group) is 1. The Labute approximate surface area is 168 Å². The number of amides is 1. The molecule has 0 aliphatic rings. The molecule has 0 saturated carbocycles. The molecule has 2 N–H and O–H groups in total. The third kappa shape index (κ3) is 8.89. The van der Waals surface area contributed by atoms with Crippen molar-refractivity contribution < 1.29 is 4.79 Å². The van der Waals surface area contributed by atoms with Gasteiger partial charge in [-0.05, 0) is 25.5 Å². The number of nitrogens with one attached hydrogen (secondary N) is 2. The number of halogens is 1. The summed E-state index contributed by atoms with van der Waals surface area (Å²) < 4.78 is 0. The summed E-state index contributed by atoms with van der Waals surface area (Å²) >= 11 is 0. The van der Waals surface area contributed by atoms with Gasteiger partial charge >= 0.3 is 0 Å². The molecule has 1 heterocycles. The van der Waals surface area contributed by atoms with Crippen LogP contribution >= 0.6 is 24.0 Å². The molecule has 0 radical (unpaired) electrons. The molecule has 1 aromatic heterocycles. The minimum atomic E-state index is 0. The normalized spacial score (nSPS) is 12.0. The molecule has 0 aliphatic heterocycles. The molecular weight excluding hydrogens is 431 g/mol.